The van der Waals surface area contributed by atoms with Gasteiger partial charge >= 0.3 is 0 Å². The molecule has 1 heterocycles. The van der Waals surface area contributed by atoms with E-state index in [2.05, 4.69) is 134 Å². The zero-order valence-electron chi connectivity index (χ0n) is 29.1. The Bertz CT molecular complexity index is 1780. The minimum absolute atomic E-state index is 0.0157. The topological polar surface area (TPSA) is 47.9 Å². The lowest BCUT2D eigenvalue weighted by Crippen LogP contribution is -2.65. The first-order valence-electron chi connectivity index (χ1n) is 17.4. The second-order valence-electron chi connectivity index (χ2n) is 14.6. The summed E-state index contributed by atoms with van der Waals surface area (Å²) in [4.78, 5) is 13.0. The number of hydrogen-bond acceptors (Lipinski definition) is 4. The van der Waals surface area contributed by atoms with Gasteiger partial charge in [-0.2, -0.15) is 0 Å². The zero-order chi connectivity index (χ0) is 35.0. The predicted molar refractivity (Wildman–Crippen MR) is 212 cm³/mol. The maximum atomic E-state index is 13.0. The van der Waals surface area contributed by atoms with Crippen molar-refractivity contribution in [2.75, 3.05) is 6.61 Å². The summed E-state index contributed by atoms with van der Waals surface area (Å²) in [5.41, 5.74) is 3.44. The first kappa shape index (κ1) is 35.0. The molecule has 0 spiro atoms. The molecule has 0 saturated carbocycles. The highest BCUT2D eigenvalue weighted by atomic mass is 127. The van der Waals surface area contributed by atoms with E-state index in [1.54, 1.807) is 0 Å². The van der Waals surface area contributed by atoms with E-state index in [9.17, 15) is 4.80 Å². The lowest BCUT2D eigenvalue weighted by Gasteiger charge is -2.43. The third kappa shape index (κ3) is 6.24. The highest BCUT2D eigenvalue weighted by Crippen LogP contribution is 2.54. The minimum Gasteiger partial charge on any atom is -0.424 e. The number of ether oxygens (including phenoxy) is 3. The fourth-order valence-electron chi connectivity index (χ4n) is 8.19. The Kier molecular flexibility index (Phi) is 9.80. The van der Waals surface area contributed by atoms with Crippen molar-refractivity contribution < 1.29 is 19.0 Å². The van der Waals surface area contributed by atoms with Gasteiger partial charge in [-0.25, -0.2) is 0 Å². The summed E-state index contributed by atoms with van der Waals surface area (Å²) in [7, 11) is -3.26. The summed E-state index contributed by atoms with van der Waals surface area (Å²) in [6.45, 7) is 8.82. The molecule has 5 aromatic rings. The molecule has 1 aliphatic heterocycles. The molecule has 50 heavy (non-hydrogen) atoms. The molecule has 1 aliphatic carbocycles. The SMILES string of the molecule is CC1(C)O[C@@H]2[C@H](O1)C(COC(c1ccccc1)(c1ccccc1)c1ccccc1)=C(I)[C@@H]2CC(C)(C)[Si](O)(c1ccccc1)c1ccccc1. The van der Waals surface area contributed by atoms with Crippen molar-refractivity contribution >= 4 is 41.3 Å². The van der Waals surface area contributed by atoms with Crippen LogP contribution in [0, 0.1) is 5.92 Å². The number of halogens is 1. The van der Waals surface area contributed by atoms with E-state index < -0.39 is 24.7 Å². The van der Waals surface area contributed by atoms with Crippen LogP contribution in [0.15, 0.2) is 161 Å². The molecule has 6 heteroatoms. The highest BCUT2D eigenvalue weighted by Gasteiger charge is 2.58. The molecule has 0 radical (unpaired) electrons. The third-order valence-electron chi connectivity index (χ3n) is 10.6. The second kappa shape index (κ2) is 14.0. The van der Waals surface area contributed by atoms with Crippen LogP contribution in [-0.4, -0.2) is 37.7 Å². The fraction of sp³-hybridized carbons (Fsp3) is 0.273. The van der Waals surface area contributed by atoms with Crippen LogP contribution in [-0.2, 0) is 19.8 Å². The lowest BCUT2D eigenvalue weighted by atomic mass is 9.80. The predicted octanol–water partition coefficient (Wildman–Crippen LogP) is 8.76. The Morgan fingerprint density at radius 1 is 0.660 bits per heavy atom. The van der Waals surface area contributed by atoms with Crippen molar-refractivity contribution in [3.63, 3.8) is 0 Å². The highest BCUT2D eigenvalue weighted by molar-refractivity contribution is 14.1. The Hall–Kier alpha value is -3.37. The molecule has 0 bridgehead atoms. The van der Waals surface area contributed by atoms with Crippen LogP contribution in [0.4, 0.5) is 0 Å². The molecule has 0 aromatic heterocycles. The van der Waals surface area contributed by atoms with E-state index in [-0.39, 0.29) is 18.1 Å². The summed E-state index contributed by atoms with van der Waals surface area (Å²) in [6, 6.07) is 52.0. The summed E-state index contributed by atoms with van der Waals surface area (Å²) >= 11 is 2.52. The largest absolute Gasteiger partial charge is 0.424 e. The Balaban J connectivity index is 1.30. The number of fused-ring (bicyclic) bond motifs is 1. The zero-order valence-corrected chi connectivity index (χ0v) is 32.3. The van der Waals surface area contributed by atoms with E-state index in [0.29, 0.717) is 6.61 Å². The third-order valence-corrected chi connectivity index (χ3v) is 16.6. The van der Waals surface area contributed by atoms with Crippen molar-refractivity contribution in [1.82, 2.24) is 0 Å². The van der Waals surface area contributed by atoms with E-state index in [0.717, 1.165) is 39.1 Å². The van der Waals surface area contributed by atoms with Gasteiger partial charge < -0.3 is 19.0 Å². The van der Waals surface area contributed by atoms with Crippen LogP contribution >= 0.6 is 22.6 Å². The molecular formula is C44H45IO4Si. The average Bonchev–Trinajstić information content (AvgIpc) is 3.58. The van der Waals surface area contributed by atoms with Gasteiger partial charge in [0.1, 0.15) is 11.7 Å². The van der Waals surface area contributed by atoms with Crippen molar-refractivity contribution in [1.29, 1.82) is 0 Å². The Morgan fingerprint density at radius 3 is 1.48 bits per heavy atom. The van der Waals surface area contributed by atoms with Gasteiger partial charge in [0.2, 0.25) is 0 Å². The number of hydrogen-bond donors (Lipinski definition) is 1. The van der Waals surface area contributed by atoms with Crippen LogP contribution in [0.5, 0.6) is 0 Å². The summed E-state index contributed by atoms with van der Waals surface area (Å²) < 4.78 is 22.0. The molecule has 1 N–H and O–H groups in total. The molecule has 7 rings (SSSR count). The summed E-state index contributed by atoms with van der Waals surface area (Å²) in [5, 5.41) is 1.56. The van der Waals surface area contributed by atoms with Gasteiger partial charge in [0.05, 0.1) is 12.7 Å². The molecule has 1 fully saturated rings. The van der Waals surface area contributed by atoms with Crippen LogP contribution in [0.3, 0.4) is 0 Å². The van der Waals surface area contributed by atoms with Crippen molar-refractivity contribution in [2.24, 2.45) is 5.92 Å². The summed E-state index contributed by atoms with van der Waals surface area (Å²) in [5.74, 6) is -0.732. The number of rotatable bonds is 11. The minimum atomic E-state index is -3.26. The molecule has 0 amide bonds. The summed E-state index contributed by atoms with van der Waals surface area (Å²) in [6.07, 6.45) is 0.267. The van der Waals surface area contributed by atoms with Crippen molar-refractivity contribution in [2.45, 2.75) is 62.8 Å². The van der Waals surface area contributed by atoms with Crippen molar-refractivity contribution in [3.05, 3.63) is 178 Å². The standard InChI is InChI=1S/C44H45IO4Si/c1-42(2,50(46,35-26-16-8-17-27-35)36-28-18-9-19-29-36)30-37-39(45)38(41-40(37)48-43(3,4)49-41)31-47-44(32-20-10-5-11-21-32,33-22-12-6-13-23-33)34-24-14-7-15-25-34/h5-29,37,40-41,46H,30-31H2,1-4H3/t37-,40-,41+/m0/s1. The molecule has 2 aliphatic rings. The van der Waals surface area contributed by atoms with Gasteiger partial charge in [0, 0.05) is 9.50 Å². The van der Waals surface area contributed by atoms with E-state index in [1.807, 2.05) is 68.4 Å². The van der Waals surface area contributed by atoms with Gasteiger partial charge in [-0.05, 0) is 80.5 Å². The molecule has 5 aromatic carbocycles. The molecule has 3 atom stereocenters. The average molecular weight is 793 g/mol. The maximum absolute atomic E-state index is 13.0. The van der Waals surface area contributed by atoms with Crippen LogP contribution in [0.25, 0.3) is 0 Å². The molecule has 1 saturated heterocycles. The Labute approximate surface area is 311 Å². The molecule has 256 valence electrons. The second-order valence-corrected chi connectivity index (χ2v) is 19.7. The normalized spacial score (nSPS) is 20.6. The monoisotopic (exact) mass is 792 g/mol. The Morgan fingerprint density at radius 2 is 1.06 bits per heavy atom. The van der Waals surface area contributed by atoms with Gasteiger partial charge in [0.25, 0.3) is 8.32 Å². The van der Waals surface area contributed by atoms with E-state index in [4.69, 9.17) is 14.2 Å². The van der Waals surface area contributed by atoms with Crippen LogP contribution < -0.4 is 10.4 Å². The quantitative estimate of drug-likeness (QED) is 0.0827. The van der Waals surface area contributed by atoms with Crippen LogP contribution in [0.2, 0.25) is 5.04 Å². The first-order chi connectivity index (χ1) is 24.1. The smallest absolute Gasteiger partial charge is 0.258 e. The van der Waals surface area contributed by atoms with Gasteiger partial charge in [0.15, 0.2) is 5.79 Å². The first-order valence-corrected chi connectivity index (χ1v) is 20.5. The van der Waals surface area contributed by atoms with Gasteiger partial charge in [-0.3, -0.25) is 0 Å². The van der Waals surface area contributed by atoms with Crippen LogP contribution in [0.1, 0.15) is 50.8 Å². The van der Waals surface area contributed by atoms with E-state index in [1.165, 1.54) is 3.58 Å². The van der Waals surface area contributed by atoms with Gasteiger partial charge in [-0.1, -0.05) is 166 Å². The number of benzene rings is 5. The fourth-order valence-corrected chi connectivity index (χ4v) is 13.0. The lowest BCUT2D eigenvalue weighted by molar-refractivity contribution is -0.149. The molecular weight excluding hydrogens is 747 g/mol. The molecule has 0 unspecified atom stereocenters. The van der Waals surface area contributed by atoms with E-state index >= 15 is 0 Å². The van der Waals surface area contributed by atoms with Gasteiger partial charge in [-0.15, -0.1) is 0 Å². The maximum Gasteiger partial charge on any atom is 0.258 e. The van der Waals surface area contributed by atoms with Crippen molar-refractivity contribution in [3.8, 4) is 0 Å². The molecule has 4 nitrogen and oxygen atoms in total.